The van der Waals surface area contributed by atoms with Crippen LogP contribution >= 0.6 is 0 Å². The highest BCUT2D eigenvalue weighted by Crippen LogP contribution is 2.22. The maximum absolute atomic E-state index is 12.1. The topological polar surface area (TPSA) is 74.4 Å². The molecule has 0 spiro atoms. The molecule has 0 fully saturated rings. The zero-order valence-corrected chi connectivity index (χ0v) is 21.2. The Hall–Kier alpha value is -3.19. The number of carbonyl (C=O) groups is 1. The van der Waals surface area contributed by atoms with Crippen molar-refractivity contribution in [2.75, 3.05) is 27.7 Å². The smallest absolute Gasteiger partial charge is 0.310 e. The van der Waals surface area contributed by atoms with Gasteiger partial charge in [-0.25, -0.2) is 0 Å². The molecule has 0 aliphatic carbocycles. The zero-order chi connectivity index (χ0) is 25.3. The van der Waals surface area contributed by atoms with Crippen LogP contribution in [0.25, 0.3) is 10.9 Å². The fourth-order valence-electron chi connectivity index (χ4n) is 4.23. The van der Waals surface area contributed by atoms with Crippen molar-refractivity contribution in [2.45, 2.75) is 57.9 Å². The molecule has 0 atom stereocenters. The second-order valence-corrected chi connectivity index (χ2v) is 10.1. The fraction of sp³-hybridized carbons (Fsp3) is 0.464. The number of nitro groups is 1. The Morgan fingerprint density at radius 2 is 1.57 bits per heavy atom. The number of benzene rings is 2. The standard InChI is InChI=1S/C28H38N3O4/c1-31(2,3)26-14-11-23(12-15-26)21-28(32)35-20-10-8-6-4-5-7-9-18-29-19-17-24-22-25(30(33)34)13-16-27(24)29/h11-17,19,22H,4-10,18,20-21H2,1-3H3/q+1. The number of non-ortho nitro benzene ring substituents is 1. The number of hydrogen-bond donors (Lipinski definition) is 0. The average Bonchev–Trinajstić information content (AvgIpc) is 3.22. The molecule has 1 heterocycles. The number of nitrogens with zero attached hydrogens (tertiary/aromatic N) is 3. The van der Waals surface area contributed by atoms with Crippen LogP contribution in [0, 0.1) is 10.1 Å². The molecule has 3 rings (SSSR count). The quantitative estimate of drug-likeness (QED) is 0.0897. The van der Waals surface area contributed by atoms with Gasteiger partial charge < -0.3 is 9.30 Å². The molecular formula is C28H38N3O4+. The van der Waals surface area contributed by atoms with Crippen LogP contribution in [-0.2, 0) is 22.5 Å². The van der Waals surface area contributed by atoms with Crippen molar-refractivity contribution in [1.29, 1.82) is 0 Å². The number of aryl methyl sites for hydroxylation is 1. The molecule has 188 valence electrons. The van der Waals surface area contributed by atoms with Crippen LogP contribution in [0.4, 0.5) is 11.4 Å². The predicted molar refractivity (Wildman–Crippen MR) is 142 cm³/mol. The summed E-state index contributed by atoms with van der Waals surface area (Å²) in [6, 6.07) is 15.1. The minimum absolute atomic E-state index is 0.135. The van der Waals surface area contributed by atoms with Gasteiger partial charge in [0.25, 0.3) is 5.69 Å². The summed E-state index contributed by atoms with van der Waals surface area (Å²) in [6.45, 7) is 1.42. The third-order valence-electron chi connectivity index (χ3n) is 6.33. The summed E-state index contributed by atoms with van der Waals surface area (Å²) in [4.78, 5) is 22.6. The van der Waals surface area contributed by atoms with Gasteiger partial charge in [0, 0.05) is 35.8 Å². The van der Waals surface area contributed by atoms with Crippen molar-refractivity contribution < 1.29 is 14.5 Å². The number of fused-ring (bicyclic) bond motifs is 1. The molecule has 7 nitrogen and oxygen atoms in total. The number of nitro benzene ring substituents is 1. The summed E-state index contributed by atoms with van der Waals surface area (Å²) in [5.41, 5.74) is 3.37. The molecule has 0 radical (unpaired) electrons. The summed E-state index contributed by atoms with van der Waals surface area (Å²) < 4.78 is 8.33. The molecule has 0 unspecified atom stereocenters. The van der Waals surface area contributed by atoms with Gasteiger partial charge in [-0.3, -0.25) is 19.4 Å². The van der Waals surface area contributed by atoms with E-state index in [1.54, 1.807) is 12.1 Å². The zero-order valence-electron chi connectivity index (χ0n) is 21.2. The molecular weight excluding hydrogens is 442 g/mol. The summed E-state index contributed by atoms with van der Waals surface area (Å²) in [6.07, 6.45) is 10.1. The Bertz CT molecular complexity index is 1110. The van der Waals surface area contributed by atoms with Gasteiger partial charge in [-0.05, 0) is 42.7 Å². The first-order valence-electron chi connectivity index (χ1n) is 12.5. The lowest BCUT2D eigenvalue weighted by atomic mass is 10.1. The van der Waals surface area contributed by atoms with E-state index in [1.165, 1.54) is 18.5 Å². The van der Waals surface area contributed by atoms with Crippen LogP contribution in [0.15, 0.2) is 54.7 Å². The second kappa shape index (κ2) is 12.5. The van der Waals surface area contributed by atoms with E-state index in [4.69, 9.17) is 4.74 Å². The third kappa shape index (κ3) is 8.21. The van der Waals surface area contributed by atoms with Crippen molar-refractivity contribution in [2.24, 2.45) is 0 Å². The predicted octanol–water partition coefficient (Wildman–Crippen LogP) is 6.26. The van der Waals surface area contributed by atoms with Gasteiger partial charge in [0.1, 0.15) is 5.69 Å². The van der Waals surface area contributed by atoms with Crippen LogP contribution in [0.1, 0.15) is 50.5 Å². The number of esters is 1. The minimum atomic E-state index is -0.354. The van der Waals surface area contributed by atoms with E-state index in [-0.39, 0.29) is 16.6 Å². The molecule has 0 amide bonds. The number of hydrogen-bond acceptors (Lipinski definition) is 4. The van der Waals surface area contributed by atoms with Gasteiger partial charge in [0.15, 0.2) is 0 Å². The molecule has 0 N–H and O–H groups in total. The van der Waals surface area contributed by atoms with Gasteiger partial charge in [-0.15, -0.1) is 0 Å². The van der Waals surface area contributed by atoms with Crippen molar-refractivity contribution in [3.8, 4) is 0 Å². The molecule has 0 aliphatic heterocycles. The molecule has 0 bridgehead atoms. The lowest BCUT2D eigenvalue weighted by molar-refractivity contribution is -0.384. The molecule has 3 aromatic rings. The first-order chi connectivity index (χ1) is 16.7. The number of unbranched alkanes of at least 4 members (excludes halogenated alkanes) is 6. The Labute approximate surface area is 208 Å². The summed E-state index contributed by atoms with van der Waals surface area (Å²) in [5, 5.41) is 11.8. The maximum atomic E-state index is 12.1. The molecule has 1 aromatic heterocycles. The van der Waals surface area contributed by atoms with Crippen molar-refractivity contribution >= 4 is 28.2 Å². The SMILES string of the molecule is C[N+](C)(C)c1ccc(CC(=O)OCCCCCCCCCn2ccc3cc([N+](=O)[O-])ccc32)cc1. The Kier molecular flexibility index (Phi) is 9.43. The minimum Gasteiger partial charge on any atom is -0.465 e. The Balaban J connectivity index is 1.21. The first-order valence-corrected chi connectivity index (χ1v) is 12.5. The fourth-order valence-corrected chi connectivity index (χ4v) is 4.23. The van der Waals surface area contributed by atoms with E-state index in [9.17, 15) is 14.9 Å². The number of ether oxygens (including phenoxy) is 1. The van der Waals surface area contributed by atoms with Crippen LogP contribution in [0.5, 0.6) is 0 Å². The van der Waals surface area contributed by atoms with Crippen LogP contribution in [0.2, 0.25) is 0 Å². The van der Waals surface area contributed by atoms with Crippen molar-refractivity contribution in [1.82, 2.24) is 9.05 Å². The van der Waals surface area contributed by atoms with Crippen LogP contribution in [-0.4, -0.2) is 43.2 Å². The number of rotatable bonds is 14. The number of aromatic nitrogens is 1. The highest BCUT2D eigenvalue weighted by atomic mass is 16.6. The van der Waals surface area contributed by atoms with E-state index < -0.39 is 0 Å². The van der Waals surface area contributed by atoms with E-state index in [2.05, 4.69) is 37.8 Å². The summed E-state index contributed by atoms with van der Waals surface area (Å²) in [7, 11) is 6.35. The highest BCUT2D eigenvalue weighted by molar-refractivity contribution is 5.82. The maximum Gasteiger partial charge on any atom is 0.310 e. The van der Waals surface area contributed by atoms with Crippen molar-refractivity contribution in [3.63, 3.8) is 0 Å². The molecule has 0 saturated heterocycles. The normalized spacial score (nSPS) is 11.6. The molecule has 35 heavy (non-hydrogen) atoms. The van der Waals surface area contributed by atoms with E-state index in [0.29, 0.717) is 13.0 Å². The largest absolute Gasteiger partial charge is 0.465 e. The van der Waals surface area contributed by atoms with Gasteiger partial charge in [-0.1, -0.05) is 44.2 Å². The lowest BCUT2D eigenvalue weighted by Gasteiger charge is -2.23. The lowest BCUT2D eigenvalue weighted by Crippen LogP contribution is -2.34. The van der Waals surface area contributed by atoms with E-state index in [0.717, 1.165) is 59.6 Å². The van der Waals surface area contributed by atoms with Crippen molar-refractivity contribution in [3.05, 3.63) is 70.4 Å². The van der Waals surface area contributed by atoms with E-state index in [1.807, 2.05) is 30.5 Å². The average molecular weight is 481 g/mol. The van der Waals surface area contributed by atoms with Gasteiger partial charge in [0.05, 0.1) is 39.1 Å². The third-order valence-corrected chi connectivity index (χ3v) is 6.33. The van der Waals surface area contributed by atoms with Crippen LogP contribution in [0.3, 0.4) is 0 Å². The molecule has 0 aliphatic rings. The summed E-state index contributed by atoms with van der Waals surface area (Å²) in [5.74, 6) is -0.157. The van der Waals surface area contributed by atoms with E-state index >= 15 is 0 Å². The Morgan fingerprint density at radius 3 is 2.23 bits per heavy atom. The Morgan fingerprint density at radius 1 is 0.914 bits per heavy atom. The molecule has 0 saturated carbocycles. The van der Waals surface area contributed by atoms with Gasteiger partial charge >= 0.3 is 5.97 Å². The van der Waals surface area contributed by atoms with Gasteiger partial charge in [0.2, 0.25) is 0 Å². The highest BCUT2D eigenvalue weighted by Gasteiger charge is 2.12. The monoisotopic (exact) mass is 480 g/mol. The molecule has 2 aromatic carbocycles. The van der Waals surface area contributed by atoms with Gasteiger partial charge in [-0.2, -0.15) is 0 Å². The first kappa shape index (κ1) is 26.4. The second-order valence-electron chi connectivity index (χ2n) is 10.1. The number of quaternary nitrogens is 1. The number of carbonyl (C=O) groups excluding carboxylic acids is 1. The van der Waals surface area contributed by atoms with Crippen LogP contribution < -0.4 is 4.48 Å². The molecule has 7 heteroatoms. The summed E-state index contributed by atoms with van der Waals surface area (Å²) >= 11 is 0.